The summed E-state index contributed by atoms with van der Waals surface area (Å²) in [5.74, 6) is 0.0394. The summed E-state index contributed by atoms with van der Waals surface area (Å²) in [5, 5.41) is 6.56. The zero-order valence-corrected chi connectivity index (χ0v) is 3.82. The molecule has 0 atom stereocenters. The van der Waals surface area contributed by atoms with Crippen LogP contribution in [0.25, 0.3) is 0 Å². The molecule has 1 N–H and O–H groups in total. The fourth-order valence-electron chi connectivity index (χ4n) is 0.174. The van der Waals surface area contributed by atoms with E-state index in [-0.39, 0.29) is 5.90 Å². The summed E-state index contributed by atoms with van der Waals surface area (Å²) >= 11 is 0. The molecule has 0 aliphatic carbocycles. The van der Waals surface area contributed by atoms with Crippen LogP contribution in [0, 0.1) is 12.3 Å². The third kappa shape index (κ3) is 3.47. The predicted octanol–water partition coefficient (Wildman–Crippen LogP) is 0.834. The zero-order chi connectivity index (χ0) is 4.99. The lowest BCUT2D eigenvalue weighted by molar-refractivity contribution is 0.327. The van der Waals surface area contributed by atoms with Crippen molar-refractivity contribution in [3.63, 3.8) is 0 Å². The molecule has 6 heavy (non-hydrogen) atoms. The number of hydrogen-bond donors (Lipinski definition) is 1. The Balaban J connectivity index is 2.83. The molecule has 1 radical (unpaired) electrons. The topological polar surface area (TPSA) is 33.1 Å². The van der Waals surface area contributed by atoms with Gasteiger partial charge in [-0.1, -0.05) is 0 Å². The van der Waals surface area contributed by atoms with Gasteiger partial charge >= 0.3 is 0 Å². The van der Waals surface area contributed by atoms with Gasteiger partial charge in [-0.2, -0.15) is 0 Å². The van der Waals surface area contributed by atoms with Gasteiger partial charge in [-0.05, 0) is 6.92 Å². The van der Waals surface area contributed by atoms with Crippen LogP contribution in [0.4, 0.5) is 0 Å². The molecule has 0 rings (SSSR count). The van der Waals surface area contributed by atoms with Crippen molar-refractivity contribution in [2.75, 3.05) is 6.61 Å². The lowest BCUT2D eigenvalue weighted by atomic mass is 10.7. The van der Waals surface area contributed by atoms with Crippen molar-refractivity contribution in [3.8, 4) is 0 Å². The molecule has 0 saturated heterocycles. The summed E-state index contributed by atoms with van der Waals surface area (Å²) < 4.78 is 4.51. The summed E-state index contributed by atoms with van der Waals surface area (Å²) in [6.07, 6.45) is 0. The van der Waals surface area contributed by atoms with Crippen LogP contribution in [0.15, 0.2) is 0 Å². The third-order valence-electron chi connectivity index (χ3n) is 0.319. The van der Waals surface area contributed by atoms with Crippen molar-refractivity contribution in [2.24, 2.45) is 0 Å². The smallest absolute Gasteiger partial charge is 0.180 e. The quantitative estimate of drug-likeness (QED) is 0.372. The predicted molar refractivity (Wildman–Crippen MR) is 24.7 cm³/mol. The van der Waals surface area contributed by atoms with E-state index < -0.39 is 0 Å². The molecular weight excluding hydrogens is 78.0 g/mol. The van der Waals surface area contributed by atoms with Crippen molar-refractivity contribution >= 4 is 5.90 Å². The van der Waals surface area contributed by atoms with E-state index in [1.54, 1.807) is 0 Å². The molecule has 2 heteroatoms. The molecule has 0 unspecified atom stereocenters. The van der Waals surface area contributed by atoms with E-state index >= 15 is 0 Å². The molecule has 0 aromatic heterocycles. The van der Waals surface area contributed by atoms with Crippen LogP contribution in [0.5, 0.6) is 0 Å². The molecule has 0 heterocycles. The minimum absolute atomic E-state index is 0.0394. The fraction of sp³-hybridized carbons (Fsp3) is 0.500. The van der Waals surface area contributed by atoms with Crippen LogP contribution in [-0.4, -0.2) is 12.5 Å². The maximum absolute atomic E-state index is 6.56. The highest BCUT2D eigenvalue weighted by molar-refractivity contribution is 5.76. The Morgan fingerprint density at radius 3 is 2.50 bits per heavy atom. The number of hydrogen-bond acceptors (Lipinski definition) is 2. The first-order valence-corrected chi connectivity index (χ1v) is 1.80. The molecule has 2 nitrogen and oxygen atoms in total. The summed E-state index contributed by atoms with van der Waals surface area (Å²) in [6.45, 7) is 5.55. The molecule has 0 aromatic rings. The van der Waals surface area contributed by atoms with Gasteiger partial charge < -0.3 is 4.74 Å². The van der Waals surface area contributed by atoms with E-state index in [0.29, 0.717) is 6.61 Å². The standard InChI is InChI=1S/C4H8NO/c1-3-6-4(2)5/h5H,2-3H2,1H3. The van der Waals surface area contributed by atoms with Crippen molar-refractivity contribution in [1.29, 1.82) is 5.41 Å². The minimum atomic E-state index is 0.0394. The second-order valence-electron chi connectivity index (χ2n) is 0.856. The molecular formula is C4H8NO. The van der Waals surface area contributed by atoms with Crippen LogP contribution in [0.3, 0.4) is 0 Å². The first-order valence-electron chi connectivity index (χ1n) is 1.80. The summed E-state index contributed by atoms with van der Waals surface area (Å²) in [7, 11) is 0. The molecule has 0 aromatic carbocycles. The summed E-state index contributed by atoms with van der Waals surface area (Å²) in [6, 6.07) is 0. The molecule has 0 aliphatic rings. The number of ether oxygens (including phenoxy) is 1. The average molecular weight is 86.1 g/mol. The van der Waals surface area contributed by atoms with Crippen LogP contribution in [0.2, 0.25) is 0 Å². The van der Waals surface area contributed by atoms with Crippen LogP contribution in [0.1, 0.15) is 6.92 Å². The Labute approximate surface area is 37.6 Å². The SMILES string of the molecule is [CH2]C(=N)OCC. The molecule has 0 saturated carbocycles. The Kier molecular flexibility index (Phi) is 2.46. The highest BCUT2D eigenvalue weighted by Crippen LogP contribution is 1.70. The number of rotatable bonds is 1. The van der Waals surface area contributed by atoms with Crippen molar-refractivity contribution in [3.05, 3.63) is 6.92 Å². The second-order valence-corrected chi connectivity index (χ2v) is 0.856. The molecule has 35 valence electrons. The number of nitrogens with one attached hydrogen (secondary N) is 1. The van der Waals surface area contributed by atoms with E-state index in [2.05, 4.69) is 11.7 Å². The normalized spacial score (nSPS) is 7.67. The molecule has 0 amide bonds. The van der Waals surface area contributed by atoms with Gasteiger partial charge in [0, 0.05) is 6.92 Å². The minimum Gasteiger partial charge on any atom is -0.481 e. The van der Waals surface area contributed by atoms with Crippen molar-refractivity contribution < 1.29 is 4.74 Å². The van der Waals surface area contributed by atoms with Gasteiger partial charge in [-0.3, -0.25) is 5.41 Å². The van der Waals surface area contributed by atoms with Gasteiger partial charge in [0.2, 0.25) is 0 Å². The van der Waals surface area contributed by atoms with Gasteiger partial charge in [-0.25, -0.2) is 0 Å². The summed E-state index contributed by atoms with van der Waals surface area (Å²) in [4.78, 5) is 0. The van der Waals surface area contributed by atoms with Crippen molar-refractivity contribution in [1.82, 2.24) is 0 Å². The van der Waals surface area contributed by atoms with E-state index in [1.807, 2.05) is 6.92 Å². The fourth-order valence-corrected chi connectivity index (χ4v) is 0.174. The second kappa shape index (κ2) is 2.69. The van der Waals surface area contributed by atoms with Gasteiger partial charge in [0.15, 0.2) is 5.90 Å². The van der Waals surface area contributed by atoms with Gasteiger partial charge in [-0.15, -0.1) is 0 Å². The Morgan fingerprint density at radius 2 is 2.50 bits per heavy atom. The Bertz CT molecular complexity index is 51.5. The van der Waals surface area contributed by atoms with Crippen LogP contribution in [-0.2, 0) is 4.74 Å². The monoisotopic (exact) mass is 86.1 g/mol. The summed E-state index contributed by atoms with van der Waals surface area (Å²) in [5.41, 5.74) is 0. The first-order chi connectivity index (χ1) is 2.77. The molecule has 0 bridgehead atoms. The molecule has 0 spiro atoms. The Morgan fingerprint density at radius 1 is 2.00 bits per heavy atom. The molecule has 0 aliphatic heterocycles. The first kappa shape index (κ1) is 5.47. The van der Waals surface area contributed by atoms with E-state index in [1.165, 1.54) is 0 Å². The maximum Gasteiger partial charge on any atom is 0.180 e. The zero-order valence-electron chi connectivity index (χ0n) is 3.82. The largest absolute Gasteiger partial charge is 0.481 e. The van der Waals surface area contributed by atoms with Gasteiger partial charge in [0.25, 0.3) is 0 Å². The van der Waals surface area contributed by atoms with Crippen molar-refractivity contribution in [2.45, 2.75) is 6.92 Å². The Hall–Kier alpha value is -0.530. The lowest BCUT2D eigenvalue weighted by Gasteiger charge is -1.93. The average Bonchev–Trinajstić information content (AvgIpc) is 1.35. The van der Waals surface area contributed by atoms with E-state index in [9.17, 15) is 0 Å². The highest BCUT2D eigenvalue weighted by atomic mass is 16.5. The van der Waals surface area contributed by atoms with Gasteiger partial charge in [0.1, 0.15) is 0 Å². The molecule has 0 fully saturated rings. The van der Waals surface area contributed by atoms with Crippen LogP contribution >= 0.6 is 0 Å². The van der Waals surface area contributed by atoms with Gasteiger partial charge in [0.05, 0.1) is 6.61 Å². The highest BCUT2D eigenvalue weighted by Gasteiger charge is 1.76. The lowest BCUT2D eigenvalue weighted by Crippen LogP contribution is -1.94. The third-order valence-corrected chi connectivity index (χ3v) is 0.319. The van der Waals surface area contributed by atoms with Crippen LogP contribution < -0.4 is 0 Å². The van der Waals surface area contributed by atoms with E-state index in [4.69, 9.17) is 5.41 Å². The van der Waals surface area contributed by atoms with E-state index in [0.717, 1.165) is 0 Å². The maximum atomic E-state index is 6.56.